The van der Waals surface area contributed by atoms with Gasteiger partial charge in [0.05, 0.1) is 18.1 Å². The number of thiocarbonyl (C=S) groups is 1. The molecule has 0 radical (unpaired) electrons. The summed E-state index contributed by atoms with van der Waals surface area (Å²) < 4.78 is 30.9. The van der Waals surface area contributed by atoms with Crippen LogP contribution in [-0.4, -0.2) is 64.9 Å². The summed E-state index contributed by atoms with van der Waals surface area (Å²) in [4.78, 5) is 2.58. The molecule has 24 heavy (non-hydrogen) atoms. The van der Waals surface area contributed by atoms with Crippen molar-refractivity contribution in [1.29, 1.82) is 0 Å². The minimum absolute atomic E-state index is 0.250. The summed E-state index contributed by atoms with van der Waals surface area (Å²) in [6.07, 6.45) is 0. The van der Waals surface area contributed by atoms with Gasteiger partial charge >= 0.3 is 0 Å². The van der Waals surface area contributed by atoms with Crippen LogP contribution in [0.25, 0.3) is 0 Å². The molecule has 0 unspecified atom stereocenters. The van der Waals surface area contributed by atoms with Crippen LogP contribution in [0.1, 0.15) is 5.56 Å². The number of nitrogens with one attached hydrogen (secondary N) is 3. The van der Waals surface area contributed by atoms with Crippen molar-refractivity contribution in [2.75, 3.05) is 46.4 Å². The van der Waals surface area contributed by atoms with Crippen molar-refractivity contribution in [3.05, 3.63) is 29.8 Å². The second kappa shape index (κ2) is 9.28. The van der Waals surface area contributed by atoms with Crippen LogP contribution in [0.2, 0.25) is 0 Å². The molecule has 0 bridgehead atoms. The van der Waals surface area contributed by atoms with Crippen LogP contribution < -0.4 is 15.4 Å². The normalized spacial score (nSPS) is 15.9. The average molecular weight is 373 g/mol. The Bertz CT molecular complexity index is 629. The minimum Gasteiger partial charge on any atom is -0.379 e. The van der Waals surface area contributed by atoms with Crippen LogP contribution in [0, 0.1) is 0 Å². The highest BCUT2D eigenvalue weighted by atomic mass is 32.2. The van der Waals surface area contributed by atoms with Gasteiger partial charge in [-0.2, -0.15) is 0 Å². The largest absolute Gasteiger partial charge is 0.379 e. The molecule has 3 N–H and O–H groups in total. The van der Waals surface area contributed by atoms with E-state index in [2.05, 4.69) is 20.3 Å². The number of ether oxygens (including phenoxy) is 1. The molecule has 1 aliphatic rings. The van der Waals surface area contributed by atoms with E-state index in [0.29, 0.717) is 11.7 Å². The van der Waals surface area contributed by atoms with Gasteiger partial charge in [-0.05, 0) is 37.0 Å². The number of hydrogen-bond donors (Lipinski definition) is 3. The summed E-state index contributed by atoms with van der Waals surface area (Å²) in [5, 5.41) is 6.89. The monoisotopic (exact) mass is 372 g/mol. The van der Waals surface area contributed by atoms with E-state index in [-0.39, 0.29) is 4.90 Å². The fourth-order valence-corrected chi connectivity index (χ4v) is 3.21. The standard InChI is InChI=1S/C15H24N4O3S2/c1-16-24(20,21)14-4-2-13(3-5-14)12-18-15(23)17-6-7-19-8-10-22-11-9-19/h2-5,16H,6-12H2,1H3,(H2,17,18,23). The van der Waals surface area contributed by atoms with Crippen molar-refractivity contribution in [3.8, 4) is 0 Å². The first kappa shape index (κ1) is 19.1. The molecule has 7 nitrogen and oxygen atoms in total. The molecular weight excluding hydrogens is 348 g/mol. The maximum Gasteiger partial charge on any atom is 0.240 e. The van der Waals surface area contributed by atoms with Gasteiger partial charge in [0, 0.05) is 32.7 Å². The Hall–Kier alpha value is -1.26. The predicted molar refractivity (Wildman–Crippen MR) is 97.4 cm³/mol. The Labute approximate surface area is 148 Å². The number of benzene rings is 1. The number of sulfonamides is 1. The molecule has 0 aromatic heterocycles. The van der Waals surface area contributed by atoms with E-state index in [4.69, 9.17) is 17.0 Å². The smallest absolute Gasteiger partial charge is 0.240 e. The fraction of sp³-hybridized carbons (Fsp3) is 0.533. The third-order valence-electron chi connectivity index (χ3n) is 3.77. The average Bonchev–Trinajstić information content (AvgIpc) is 2.61. The first-order valence-electron chi connectivity index (χ1n) is 7.85. The van der Waals surface area contributed by atoms with Crippen LogP contribution in [-0.2, 0) is 21.3 Å². The molecule has 0 aliphatic carbocycles. The van der Waals surface area contributed by atoms with E-state index in [1.54, 1.807) is 24.3 Å². The van der Waals surface area contributed by atoms with Crippen LogP contribution in [0.3, 0.4) is 0 Å². The molecule has 0 spiro atoms. The maximum atomic E-state index is 11.7. The van der Waals surface area contributed by atoms with Crippen molar-refractivity contribution in [1.82, 2.24) is 20.3 Å². The zero-order valence-corrected chi connectivity index (χ0v) is 15.4. The molecule has 1 saturated heterocycles. The Kier molecular flexibility index (Phi) is 7.38. The highest BCUT2D eigenvalue weighted by Crippen LogP contribution is 2.09. The van der Waals surface area contributed by atoms with E-state index in [0.717, 1.165) is 45.0 Å². The van der Waals surface area contributed by atoms with Gasteiger partial charge in [-0.3, -0.25) is 4.90 Å². The summed E-state index contributed by atoms with van der Waals surface area (Å²) in [6, 6.07) is 6.70. The first-order chi connectivity index (χ1) is 11.5. The van der Waals surface area contributed by atoms with Gasteiger partial charge in [-0.25, -0.2) is 13.1 Å². The van der Waals surface area contributed by atoms with Crippen molar-refractivity contribution >= 4 is 27.4 Å². The number of hydrogen-bond acceptors (Lipinski definition) is 5. The zero-order chi connectivity index (χ0) is 17.4. The molecular formula is C15H24N4O3S2. The molecule has 1 fully saturated rings. The van der Waals surface area contributed by atoms with E-state index in [1.165, 1.54) is 7.05 Å². The van der Waals surface area contributed by atoms with Gasteiger partial charge in [0.25, 0.3) is 0 Å². The topological polar surface area (TPSA) is 82.7 Å². The Morgan fingerprint density at radius 3 is 2.50 bits per heavy atom. The lowest BCUT2D eigenvalue weighted by atomic mass is 10.2. The molecule has 1 heterocycles. The Morgan fingerprint density at radius 2 is 1.88 bits per heavy atom. The van der Waals surface area contributed by atoms with Gasteiger partial charge < -0.3 is 15.4 Å². The predicted octanol–water partition coefficient (Wildman–Crippen LogP) is -0.109. The number of morpholine rings is 1. The van der Waals surface area contributed by atoms with Crippen LogP contribution in [0.5, 0.6) is 0 Å². The van der Waals surface area contributed by atoms with Gasteiger partial charge in [0.15, 0.2) is 5.11 Å². The highest BCUT2D eigenvalue weighted by Gasteiger charge is 2.11. The summed E-state index contributed by atoms with van der Waals surface area (Å²) >= 11 is 5.25. The summed E-state index contributed by atoms with van der Waals surface area (Å²) in [5.41, 5.74) is 0.961. The quantitative estimate of drug-likeness (QED) is 0.576. The van der Waals surface area contributed by atoms with Crippen LogP contribution >= 0.6 is 12.2 Å². The highest BCUT2D eigenvalue weighted by molar-refractivity contribution is 7.89. The zero-order valence-electron chi connectivity index (χ0n) is 13.7. The first-order valence-corrected chi connectivity index (χ1v) is 9.75. The van der Waals surface area contributed by atoms with Gasteiger partial charge in [-0.15, -0.1) is 0 Å². The lowest BCUT2D eigenvalue weighted by Crippen LogP contribution is -2.43. The Morgan fingerprint density at radius 1 is 1.21 bits per heavy atom. The van der Waals surface area contributed by atoms with Gasteiger partial charge in [-0.1, -0.05) is 12.1 Å². The third kappa shape index (κ3) is 5.99. The molecule has 2 rings (SSSR count). The SMILES string of the molecule is CNS(=O)(=O)c1ccc(CNC(=S)NCCN2CCOCC2)cc1. The lowest BCUT2D eigenvalue weighted by Gasteiger charge is -2.26. The van der Waals surface area contributed by atoms with Crippen LogP contribution in [0.15, 0.2) is 29.2 Å². The molecule has 134 valence electrons. The third-order valence-corrected chi connectivity index (χ3v) is 5.49. The van der Waals surface area contributed by atoms with Crippen molar-refractivity contribution in [2.45, 2.75) is 11.4 Å². The molecule has 0 saturated carbocycles. The van der Waals surface area contributed by atoms with Gasteiger partial charge in [0.2, 0.25) is 10.0 Å². The summed E-state index contributed by atoms with van der Waals surface area (Å²) in [6.45, 7) is 5.77. The maximum absolute atomic E-state index is 11.7. The molecule has 1 aromatic carbocycles. The Balaban J connectivity index is 1.69. The van der Waals surface area contributed by atoms with Crippen molar-refractivity contribution in [3.63, 3.8) is 0 Å². The molecule has 0 atom stereocenters. The van der Waals surface area contributed by atoms with Gasteiger partial charge in [0.1, 0.15) is 0 Å². The fourth-order valence-electron chi connectivity index (χ4n) is 2.30. The van der Waals surface area contributed by atoms with Crippen molar-refractivity contribution < 1.29 is 13.2 Å². The minimum atomic E-state index is -3.39. The van der Waals surface area contributed by atoms with E-state index in [1.807, 2.05) is 0 Å². The van der Waals surface area contributed by atoms with E-state index >= 15 is 0 Å². The van der Waals surface area contributed by atoms with Crippen LogP contribution in [0.4, 0.5) is 0 Å². The second-order valence-corrected chi connectivity index (χ2v) is 7.71. The number of rotatable bonds is 7. The van der Waals surface area contributed by atoms with Crippen molar-refractivity contribution in [2.24, 2.45) is 0 Å². The molecule has 0 amide bonds. The van der Waals surface area contributed by atoms with E-state index in [9.17, 15) is 8.42 Å². The molecule has 9 heteroatoms. The summed E-state index contributed by atoms with van der Waals surface area (Å²) in [7, 11) is -2.00. The lowest BCUT2D eigenvalue weighted by molar-refractivity contribution is 0.0389. The second-order valence-electron chi connectivity index (χ2n) is 5.41. The molecule has 1 aromatic rings. The van der Waals surface area contributed by atoms with E-state index < -0.39 is 10.0 Å². The number of nitrogens with zero attached hydrogens (tertiary/aromatic N) is 1. The molecule has 1 aliphatic heterocycles. The summed E-state index contributed by atoms with van der Waals surface area (Å²) in [5.74, 6) is 0.